The van der Waals surface area contributed by atoms with E-state index >= 15 is 0 Å². The van der Waals surface area contributed by atoms with E-state index in [1.807, 2.05) is 18.2 Å². The molecule has 0 radical (unpaired) electrons. The Morgan fingerprint density at radius 2 is 1.63 bits per heavy atom. The average molecular weight is 255 g/mol. The van der Waals surface area contributed by atoms with Crippen LogP contribution in [0.2, 0.25) is 0 Å². The molecule has 2 rings (SSSR count). The number of anilines is 1. The predicted molar refractivity (Wildman–Crippen MR) is 81.2 cm³/mol. The van der Waals surface area contributed by atoms with Gasteiger partial charge in [-0.1, -0.05) is 44.0 Å². The summed E-state index contributed by atoms with van der Waals surface area (Å²) in [5.74, 6) is 0.285. The van der Waals surface area contributed by atoms with Crippen molar-refractivity contribution in [3.05, 3.63) is 48.0 Å². The fourth-order valence-electron chi connectivity index (χ4n) is 2.22. The lowest BCUT2D eigenvalue weighted by molar-refractivity contribution is 0.475. The van der Waals surface area contributed by atoms with Crippen molar-refractivity contribution in [2.24, 2.45) is 0 Å². The molecule has 0 saturated heterocycles. The van der Waals surface area contributed by atoms with Crippen LogP contribution in [-0.4, -0.2) is 5.11 Å². The minimum absolute atomic E-state index is 0.285. The lowest BCUT2D eigenvalue weighted by Crippen LogP contribution is -1.95. The summed E-state index contributed by atoms with van der Waals surface area (Å²) in [6, 6.07) is 13.4. The zero-order valence-electron chi connectivity index (χ0n) is 11.4. The van der Waals surface area contributed by atoms with Crippen molar-refractivity contribution in [3.8, 4) is 16.9 Å². The quantitative estimate of drug-likeness (QED) is 0.615. The molecule has 3 N–H and O–H groups in total. The van der Waals surface area contributed by atoms with Crippen LogP contribution in [0, 0.1) is 0 Å². The van der Waals surface area contributed by atoms with Gasteiger partial charge in [-0.25, -0.2) is 0 Å². The Hall–Kier alpha value is -1.96. The molecule has 0 heterocycles. The topological polar surface area (TPSA) is 46.2 Å². The third-order valence-corrected chi connectivity index (χ3v) is 3.40. The predicted octanol–water partition coefficient (Wildman–Crippen LogP) is 4.37. The number of nitrogen functional groups attached to an aromatic ring is 1. The highest BCUT2D eigenvalue weighted by Crippen LogP contribution is 2.26. The molecule has 0 bridgehead atoms. The first-order chi connectivity index (χ1) is 9.20. The van der Waals surface area contributed by atoms with E-state index < -0.39 is 0 Å². The van der Waals surface area contributed by atoms with Gasteiger partial charge in [-0.15, -0.1) is 0 Å². The van der Waals surface area contributed by atoms with Gasteiger partial charge in [0.25, 0.3) is 0 Å². The second-order valence-corrected chi connectivity index (χ2v) is 4.92. The number of aromatic hydroxyl groups is 1. The lowest BCUT2D eigenvalue weighted by atomic mass is 9.99. The normalized spacial score (nSPS) is 10.6. The van der Waals surface area contributed by atoms with E-state index in [0.29, 0.717) is 0 Å². The van der Waals surface area contributed by atoms with E-state index in [1.54, 1.807) is 12.1 Å². The maximum absolute atomic E-state index is 9.30. The van der Waals surface area contributed by atoms with Gasteiger partial charge in [0.1, 0.15) is 5.75 Å². The van der Waals surface area contributed by atoms with Crippen LogP contribution < -0.4 is 5.73 Å². The van der Waals surface area contributed by atoms with Crippen molar-refractivity contribution in [2.45, 2.75) is 32.6 Å². The van der Waals surface area contributed by atoms with Crippen molar-refractivity contribution in [2.75, 3.05) is 5.73 Å². The van der Waals surface area contributed by atoms with E-state index in [-0.39, 0.29) is 5.75 Å². The molecule has 2 aromatic rings. The molecule has 2 heteroatoms. The van der Waals surface area contributed by atoms with Gasteiger partial charge in [0.05, 0.1) is 0 Å². The highest BCUT2D eigenvalue weighted by Gasteiger charge is 2.03. The monoisotopic (exact) mass is 255 g/mol. The van der Waals surface area contributed by atoms with Crippen LogP contribution in [0.5, 0.6) is 5.75 Å². The van der Waals surface area contributed by atoms with Crippen molar-refractivity contribution in [1.29, 1.82) is 0 Å². The zero-order valence-corrected chi connectivity index (χ0v) is 11.4. The Balaban J connectivity index is 2.16. The molecule has 0 aromatic heterocycles. The average Bonchev–Trinajstić information content (AvgIpc) is 2.42. The van der Waals surface area contributed by atoms with Crippen LogP contribution in [0.4, 0.5) is 5.69 Å². The number of aryl methyl sites for hydroxylation is 1. The van der Waals surface area contributed by atoms with Gasteiger partial charge in [0.2, 0.25) is 0 Å². The van der Waals surface area contributed by atoms with Gasteiger partial charge >= 0.3 is 0 Å². The molecule has 0 unspecified atom stereocenters. The molecule has 0 amide bonds. The third kappa shape index (κ3) is 3.50. The number of unbranched alkanes of at least 4 members (excludes halogenated alkanes) is 2. The van der Waals surface area contributed by atoms with Gasteiger partial charge in [-0.2, -0.15) is 0 Å². The molecular formula is C17H21NO. The Morgan fingerprint density at radius 1 is 0.947 bits per heavy atom. The molecule has 19 heavy (non-hydrogen) atoms. The van der Waals surface area contributed by atoms with Crippen LogP contribution in [0.25, 0.3) is 11.1 Å². The number of hydrogen-bond acceptors (Lipinski definition) is 2. The minimum Gasteiger partial charge on any atom is -0.508 e. The number of benzene rings is 2. The molecule has 0 fully saturated rings. The molecule has 100 valence electrons. The maximum Gasteiger partial charge on any atom is 0.115 e. The van der Waals surface area contributed by atoms with Gasteiger partial charge in [0.15, 0.2) is 0 Å². The first kappa shape index (κ1) is 13.5. The van der Waals surface area contributed by atoms with Crippen LogP contribution in [0.15, 0.2) is 42.5 Å². The standard InChI is InChI=1S/C17H21NO/c1-2-3-4-5-14-6-7-15(12-17(14)18)13-8-10-16(19)11-9-13/h6-12,19H,2-5,18H2,1H3. The Labute approximate surface area is 114 Å². The number of phenolic OH excluding ortho intramolecular Hbond substituents is 1. The first-order valence-corrected chi connectivity index (χ1v) is 6.88. The molecule has 0 aliphatic rings. The summed E-state index contributed by atoms with van der Waals surface area (Å²) in [6.45, 7) is 2.21. The van der Waals surface area contributed by atoms with Crippen LogP contribution in [0.3, 0.4) is 0 Å². The van der Waals surface area contributed by atoms with Crippen LogP contribution >= 0.6 is 0 Å². The van der Waals surface area contributed by atoms with E-state index in [2.05, 4.69) is 19.1 Å². The number of nitrogens with two attached hydrogens (primary N) is 1. The Morgan fingerprint density at radius 3 is 2.26 bits per heavy atom. The smallest absolute Gasteiger partial charge is 0.115 e. The molecule has 0 saturated carbocycles. The highest BCUT2D eigenvalue weighted by atomic mass is 16.3. The summed E-state index contributed by atoms with van der Waals surface area (Å²) < 4.78 is 0. The fraction of sp³-hybridized carbons (Fsp3) is 0.294. The minimum atomic E-state index is 0.285. The molecule has 0 spiro atoms. The lowest BCUT2D eigenvalue weighted by Gasteiger charge is -2.08. The number of phenols is 1. The highest BCUT2D eigenvalue weighted by molar-refractivity contribution is 5.69. The van der Waals surface area contributed by atoms with E-state index in [4.69, 9.17) is 5.73 Å². The summed E-state index contributed by atoms with van der Waals surface area (Å²) in [6.07, 6.45) is 4.72. The van der Waals surface area contributed by atoms with Crippen molar-refractivity contribution in [3.63, 3.8) is 0 Å². The maximum atomic E-state index is 9.30. The summed E-state index contributed by atoms with van der Waals surface area (Å²) >= 11 is 0. The zero-order chi connectivity index (χ0) is 13.7. The van der Waals surface area contributed by atoms with Gasteiger partial charge in [-0.05, 0) is 47.7 Å². The van der Waals surface area contributed by atoms with Crippen molar-refractivity contribution >= 4 is 5.69 Å². The van der Waals surface area contributed by atoms with E-state index in [0.717, 1.165) is 23.2 Å². The third-order valence-electron chi connectivity index (χ3n) is 3.40. The molecular weight excluding hydrogens is 234 g/mol. The van der Waals surface area contributed by atoms with Gasteiger partial charge in [0, 0.05) is 5.69 Å². The Bertz CT molecular complexity index is 531. The SMILES string of the molecule is CCCCCc1ccc(-c2ccc(O)cc2)cc1N. The van der Waals surface area contributed by atoms with Gasteiger partial charge < -0.3 is 10.8 Å². The summed E-state index contributed by atoms with van der Waals surface area (Å²) in [7, 11) is 0. The number of rotatable bonds is 5. The molecule has 0 aliphatic carbocycles. The Kier molecular flexibility index (Phi) is 4.45. The molecule has 2 aromatic carbocycles. The van der Waals surface area contributed by atoms with Crippen molar-refractivity contribution in [1.82, 2.24) is 0 Å². The van der Waals surface area contributed by atoms with Crippen LogP contribution in [0.1, 0.15) is 31.7 Å². The second kappa shape index (κ2) is 6.28. The largest absolute Gasteiger partial charge is 0.508 e. The molecule has 0 atom stereocenters. The second-order valence-electron chi connectivity index (χ2n) is 4.92. The van der Waals surface area contributed by atoms with Crippen molar-refractivity contribution < 1.29 is 5.11 Å². The fourth-order valence-corrected chi connectivity index (χ4v) is 2.22. The molecule has 0 aliphatic heterocycles. The van der Waals surface area contributed by atoms with Crippen LogP contribution in [-0.2, 0) is 6.42 Å². The molecule has 2 nitrogen and oxygen atoms in total. The van der Waals surface area contributed by atoms with E-state index in [1.165, 1.54) is 24.8 Å². The first-order valence-electron chi connectivity index (χ1n) is 6.88. The summed E-state index contributed by atoms with van der Waals surface area (Å²) in [5, 5.41) is 9.30. The summed E-state index contributed by atoms with van der Waals surface area (Å²) in [4.78, 5) is 0. The van der Waals surface area contributed by atoms with Gasteiger partial charge in [-0.3, -0.25) is 0 Å². The number of hydrogen-bond donors (Lipinski definition) is 2. The summed E-state index contributed by atoms with van der Waals surface area (Å²) in [5.41, 5.74) is 10.4. The van der Waals surface area contributed by atoms with E-state index in [9.17, 15) is 5.11 Å².